The lowest BCUT2D eigenvalue weighted by atomic mass is 10.0. The van der Waals surface area contributed by atoms with E-state index in [0.717, 1.165) is 36.2 Å². The van der Waals surface area contributed by atoms with Crippen molar-refractivity contribution >= 4 is 28.7 Å². The van der Waals surface area contributed by atoms with Gasteiger partial charge in [-0.1, -0.05) is 50.0 Å². The van der Waals surface area contributed by atoms with E-state index in [1.807, 2.05) is 10.6 Å². The number of nitrogens with two attached hydrogens (primary N) is 1. The van der Waals surface area contributed by atoms with Crippen molar-refractivity contribution in [2.75, 3.05) is 19.9 Å². The Morgan fingerprint density at radius 2 is 2.06 bits per heavy atom. The van der Waals surface area contributed by atoms with Crippen LogP contribution >= 0.6 is 11.9 Å². The Hall–Kier alpha value is -2.84. The number of hydrogen-bond donors (Lipinski definition) is 1. The van der Waals surface area contributed by atoms with Gasteiger partial charge in [0.15, 0.2) is 11.5 Å². The third kappa shape index (κ3) is 4.91. The van der Waals surface area contributed by atoms with Crippen molar-refractivity contribution in [3.8, 4) is 5.69 Å². The van der Waals surface area contributed by atoms with Gasteiger partial charge in [-0.25, -0.2) is 9.29 Å². The van der Waals surface area contributed by atoms with E-state index >= 15 is 0 Å². The molecule has 2 N–H and O–H groups in total. The summed E-state index contributed by atoms with van der Waals surface area (Å²) >= 11 is 1.78. The van der Waals surface area contributed by atoms with E-state index in [9.17, 15) is 0 Å². The molecule has 8 heteroatoms. The summed E-state index contributed by atoms with van der Waals surface area (Å²) in [5.41, 5.74) is 12.1. The molecule has 0 spiro atoms. The smallest absolute Gasteiger partial charge is 0.170 e. The number of nitrogens with zero attached hydrogens (tertiary/aromatic N) is 5. The summed E-state index contributed by atoms with van der Waals surface area (Å²) in [6, 6.07) is 8.46. The van der Waals surface area contributed by atoms with Crippen molar-refractivity contribution in [1.29, 1.82) is 0 Å². The third-order valence-electron chi connectivity index (χ3n) is 4.84. The number of allylic oxidation sites excluding steroid dienone is 1. The lowest BCUT2D eigenvalue weighted by Crippen LogP contribution is -2.24. The third-order valence-corrected chi connectivity index (χ3v) is 5.67. The average Bonchev–Trinajstić information content (AvgIpc) is 3.16. The van der Waals surface area contributed by atoms with Crippen LogP contribution in [0.5, 0.6) is 0 Å². The molecule has 1 aliphatic heterocycles. The van der Waals surface area contributed by atoms with E-state index in [-0.39, 0.29) is 5.70 Å². The Labute approximate surface area is 188 Å². The average molecular weight is 439 g/mol. The Kier molecular flexibility index (Phi) is 7.70. The van der Waals surface area contributed by atoms with Crippen LogP contribution in [0, 0.1) is 0 Å². The summed E-state index contributed by atoms with van der Waals surface area (Å²) in [7, 11) is 1.48. The largest absolute Gasteiger partial charge is 0.398 e. The Morgan fingerprint density at radius 3 is 2.74 bits per heavy atom. The predicted molar refractivity (Wildman–Crippen MR) is 129 cm³/mol. The van der Waals surface area contributed by atoms with E-state index in [4.69, 9.17) is 15.6 Å². The molecule has 4 rings (SSSR count). The minimum Gasteiger partial charge on any atom is -0.398 e. The second kappa shape index (κ2) is 10.5. The van der Waals surface area contributed by atoms with Crippen LogP contribution in [0.25, 0.3) is 16.7 Å². The highest BCUT2D eigenvalue weighted by molar-refractivity contribution is 7.96. The Balaban J connectivity index is 0.000000858. The number of oxime groups is 1. The standard InChI is InChI=1S/C20H22N6OS.C3H8/c1-13(21)19(24-27-2)20-23-17-11-22-8-6-18(17)26(20)16-5-4-14-7-9-25(28-3)12-15(14)10-16;1-3-2/h4-6,8,10-11H,1,7,9,12,21H2,2-3H3;3H2,1-2H3/b24-19+;. The highest BCUT2D eigenvalue weighted by Gasteiger charge is 2.21. The van der Waals surface area contributed by atoms with Gasteiger partial charge in [0.25, 0.3) is 0 Å². The first-order chi connectivity index (χ1) is 15.0. The van der Waals surface area contributed by atoms with Gasteiger partial charge in [0.2, 0.25) is 0 Å². The first-order valence-corrected chi connectivity index (χ1v) is 11.5. The van der Waals surface area contributed by atoms with E-state index in [0.29, 0.717) is 11.5 Å². The van der Waals surface area contributed by atoms with E-state index in [2.05, 4.69) is 59.3 Å². The fourth-order valence-corrected chi connectivity index (χ4v) is 4.04. The first-order valence-electron chi connectivity index (χ1n) is 10.3. The minimum absolute atomic E-state index is 0.290. The summed E-state index contributed by atoms with van der Waals surface area (Å²) in [6.07, 6.45) is 7.90. The maximum Gasteiger partial charge on any atom is 0.170 e. The van der Waals surface area contributed by atoms with Gasteiger partial charge in [-0.3, -0.25) is 9.55 Å². The Bertz CT molecular complexity index is 1090. The van der Waals surface area contributed by atoms with Crippen LogP contribution in [0.3, 0.4) is 0 Å². The summed E-state index contributed by atoms with van der Waals surface area (Å²) in [5, 5.41) is 4.06. The molecule has 3 aromatic rings. The highest BCUT2D eigenvalue weighted by atomic mass is 32.2. The normalized spacial score (nSPS) is 14.0. The summed E-state index contributed by atoms with van der Waals surface area (Å²) in [4.78, 5) is 13.9. The molecule has 3 heterocycles. The van der Waals surface area contributed by atoms with Crippen molar-refractivity contribution in [1.82, 2.24) is 18.8 Å². The quantitative estimate of drug-likeness (QED) is 0.363. The van der Waals surface area contributed by atoms with Crippen LogP contribution in [0.15, 0.2) is 54.1 Å². The van der Waals surface area contributed by atoms with E-state index in [1.165, 1.54) is 24.7 Å². The second-order valence-electron chi connectivity index (χ2n) is 7.24. The zero-order valence-corrected chi connectivity index (χ0v) is 19.4. The van der Waals surface area contributed by atoms with Crippen molar-refractivity contribution in [3.63, 3.8) is 0 Å². The monoisotopic (exact) mass is 438 g/mol. The molecule has 0 fully saturated rings. The molecule has 0 amide bonds. The number of benzene rings is 1. The van der Waals surface area contributed by atoms with Gasteiger partial charge in [-0.05, 0) is 42.0 Å². The van der Waals surface area contributed by atoms with Gasteiger partial charge >= 0.3 is 0 Å². The molecular weight excluding hydrogens is 408 g/mol. The number of rotatable bonds is 5. The van der Waals surface area contributed by atoms with Gasteiger partial charge in [0.05, 0.1) is 17.4 Å². The van der Waals surface area contributed by atoms with E-state index in [1.54, 1.807) is 24.3 Å². The van der Waals surface area contributed by atoms with Crippen LogP contribution in [-0.2, 0) is 17.8 Å². The van der Waals surface area contributed by atoms with Crippen LogP contribution in [0.1, 0.15) is 37.2 Å². The fraction of sp³-hybridized carbons (Fsp3) is 0.348. The molecule has 0 saturated carbocycles. The molecule has 0 saturated heterocycles. The van der Waals surface area contributed by atoms with Crippen LogP contribution in [0.2, 0.25) is 0 Å². The van der Waals surface area contributed by atoms with Gasteiger partial charge in [0, 0.05) is 25.0 Å². The Morgan fingerprint density at radius 1 is 1.29 bits per heavy atom. The van der Waals surface area contributed by atoms with Crippen molar-refractivity contribution in [2.45, 2.75) is 33.2 Å². The summed E-state index contributed by atoms with van der Waals surface area (Å²) in [5.74, 6) is 0.579. The molecule has 7 nitrogen and oxygen atoms in total. The van der Waals surface area contributed by atoms with E-state index < -0.39 is 0 Å². The lowest BCUT2D eigenvalue weighted by Gasteiger charge is -2.27. The molecule has 0 unspecified atom stereocenters. The van der Waals surface area contributed by atoms with Gasteiger partial charge < -0.3 is 10.6 Å². The van der Waals surface area contributed by atoms with Gasteiger partial charge in [-0.2, -0.15) is 0 Å². The molecule has 1 aromatic carbocycles. The number of aromatic nitrogens is 3. The molecule has 164 valence electrons. The van der Waals surface area contributed by atoms with Crippen LogP contribution < -0.4 is 5.73 Å². The highest BCUT2D eigenvalue weighted by Crippen LogP contribution is 2.28. The number of pyridine rings is 1. The molecule has 1 aliphatic rings. The van der Waals surface area contributed by atoms with Crippen molar-refractivity contribution in [3.05, 3.63) is 65.9 Å². The number of fused-ring (bicyclic) bond motifs is 2. The molecule has 31 heavy (non-hydrogen) atoms. The number of imidazole rings is 1. The molecule has 0 bridgehead atoms. The fourth-order valence-electron chi connectivity index (χ4n) is 3.50. The molecule has 2 aromatic heterocycles. The van der Waals surface area contributed by atoms with Crippen LogP contribution in [0.4, 0.5) is 0 Å². The van der Waals surface area contributed by atoms with Crippen LogP contribution in [-0.4, -0.2) is 44.5 Å². The number of hydrogen-bond acceptors (Lipinski definition) is 7. The predicted octanol–water partition coefficient (Wildman–Crippen LogP) is 4.30. The van der Waals surface area contributed by atoms with Gasteiger partial charge in [-0.15, -0.1) is 0 Å². The SMILES string of the molecule is C=C(N)/C(=N\OC)c1nc2cnccc2n1-c1ccc2c(c1)CN(SC)CC2.CCC. The molecule has 0 aliphatic carbocycles. The minimum atomic E-state index is 0.290. The second-order valence-corrected chi connectivity index (χ2v) is 8.12. The van der Waals surface area contributed by atoms with Crippen molar-refractivity contribution < 1.29 is 4.84 Å². The summed E-state index contributed by atoms with van der Waals surface area (Å²) in [6.45, 7) is 10.1. The topological polar surface area (TPSA) is 81.6 Å². The maximum atomic E-state index is 5.99. The van der Waals surface area contributed by atoms with Crippen molar-refractivity contribution in [2.24, 2.45) is 10.9 Å². The first kappa shape index (κ1) is 22.8. The summed E-state index contributed by atoms with van der Waals surface area (Å²) < 4.78 is 4.40. The van der Waals surface area contributed by atoms with Gasteiger partial charge in [0.1, 0.15) is 12.6 Å². The molecular formula is C23H30N6OS. The zero-order chi connectivity index (χ0) is 22.4. The maximum absolute atomic E-state index is 5.99. The molecule has 0 atom stereocenters. The lowest BCUT2D eigenvalue weighted by molar-refractivity contribution is 0.213. The molecule has 0 radical (unpaired) electrons. The zero-order valence-electron chi connectivity index (χ0n) is 18.6.